The minimum absolute atomic E-state index is 0.259. The Morgan fingerprint density at radius 1 is 1.26 bits per heavy atom. The average Bonchev–Trinajstić information content (AvgIpc) is 2.43. The number of nitrogens with one attached hydrogen (secondary N) is 1. The zero-order valence-corrected chi connectivity index (χ0v) is 10.9. The molecule has 0 unspecified atom stereocenters. The van der Waals surface area contributed by atoms with Crippen molar-refractivity contribution in [2.24, 2.45) is 0 Å². The van der Waals surface area contributed by atoms with Crippen LogP contribution in [-0.4, -0.2) is 11.5 Å². The number of halogens is 1. The van der Waals surface area contributed by atoms with E-state index in [2.05, 4.69) is 17.2 Å². The summed E-state index contributed by atoms with van der Waals surface area (Å²) in [7, 11) is 0. The molecule has 0 spiro atoms. The summed E-state index contributed by atoms with van der Waals surface area (Å²) < 4.78 is 19.5. The maximum Gasteiger partial charge on any atom is 0.145 e. The van der Waals surface area contributed by atoms with Crippen LogP contribution in [0.15, 0.2) is 42.7 Å². The summed E-state index contributed by atoms with van der Waals surface area (Å²) in [5, 5.41) is 3.18. The molecule has 0 saturated carbocycles. The number of aromatic nitrogens is 1. The van der Waals surface area contributed by atoms with Crippen LogP contribution in [-0.2, 0) is 6.54 Å². The lowest BCUT2D eigenvalue weighted by Crippen LogP contribution is -2.15. The van der Waals surface area contributed by atoms with Gasteiger partial charge < -0.3 is 10.1 Å². The van der Waals surface area contributed by atoms with Gasteiger partial charge in [0, 0.05) is 18.3 Å². The molecule has 0 bridgehead atoms. The van der Waals surface area contributed by atoms with Crippen molar-refractivity contribution in [3.05, 3.63) is 54.1 Å². The van der Waals surface area contributed by atoms with E-state index in [9.17, 15) is 4.39 Å². The van der Waals surface area contributed by atoms with E-state index in [1.165, 1.54) is 6.07 Å². The highest BCUT2D eigenvalue weighted by Crippen LogP contribution is 2.26. The Kier molecular flexibility index (Phi) is 4.86. The van der Waals surface area contributed by atoms with Crippen molar-refractivity contribution in [1.82, 2.24) is 10.3 Å². The standard InChI is InChI=1S/C15H17FN2O/c1-2-8-17-11-13-14(16)6-3-7-15(13)19-12-5-4-9-18-10-12/h3-7,9-10,17H,2,8,11H2,1H3. The zero-order chi connectivity index (χ0) is 13.5. The number of rotatable bonds is 6. The van der Waals surface area contributed by atoms with E-state index in [1.807, 2.05) is 0 Å². The van der Waals surface area contributed by atoms with Crippen LogP contribution < -0.4 is 10.1 Å². The summed E-state index contributed by atoms with van der Waals surface area (Å²) in [5.41, 5.74) is 0.541. The summed E-state index contributed by atoms with van der Waals surface area (Å²) in [6.45, 7) is 3.37. The molecule has 2 aromatic rings. The van der Waals surface area contributed by atoms with Gasteiger partial charge in [-0.2, -0.15) is 0 Å². The first kappa shape index (κ1) is 13.5. The zero-order valence-electron chi connectivity index (χ0n) is 10.9. The highest BCUT2D eigenvalue weighted by atomic mass is 19.1. The number of nitrogens with zero attached hydrogens (tertiary/aromatic N) is 1. The van der Waals surface area contributed by atoms with Gasteiger partial charge >= 0.3 is 0 Å². The van der Waals surface area contributed by atoms with E-state index < -0.39 is 0 Å². The Morgan fingerprint density at radius 2 is 2.16 bits per heavy atom. The highest BCUT2D eigenvalue weighted by molar-refractivity contribution is 5.38. The summed E-state index contributed by atoms with van der Waals surface area (Å²) in [6.07, 6.45) is 4.28. The van der Waals surface area contributed by atoms with Crippen molar-refractivity contribution >= 4 is 0 Å². The van der Waals surface area contributed by atoms with Crippen LogP contribution in [0, 0.1) is 5.82 Å². The van der Waals surface area contributed by atoms with Gasteiger partial charge in [-0.05, 0) is 37.2 Å². The summed E-state index contributed by atoms with van der Waals surface area (Å²) in [5.74, 6) is 0.867. The van der Waals surface area contributed by atoms with Crippen molar-refractivity contribution in [1.29, 1.82) is 0 Å². The summed E-state index contributed by atoms with van der Waals surface area (Å²) >= 11 is 0. The quantitative estimate of drug-likeness (QED) is 0.807. The van der Waals surface area contributed by atoms with Crippen LogP contribution >= 0.6 is 0 Å². The van der Waals surface area contributed by atoms with Gasteiger partial charge in [-0.3, -0.25) is 4.98 Å². The van der Waals surface area contributed by atoms with Crippen LogP contribution in [0.3, 0.4) is 0 Å². The molecule has 19 heavy (non-hydrogen) atoms. The number of ether oxygens (including phenoxy) is 1. The number of hydrogen-bond donors (Lipinski definition) is 1. The van der Waals surface area contributed by atoms with Gasteiger partial charge in [-0.1, -0.05) is 13.0 Å². The molecule has 0 amide bonds. The number of benzene rings is 1. The van der Waals surface area contributed by atoms with Gasteiger partial charge in [0.05, 0.1) is 6.20 Å². The van der Waals surface area contributed by atoms with E-state index in [0.717, 1.165) is 13.0 Å². The number of hydrogen-bond acceptors (Lipinski definition) is 3. The first-order valence-corrected chi connectivity index (χ1v) is 6.37. The second-order valence-corrected chi connectivity index (χ2v) is 4.18. The predicted molar refractivity (Wildman–Crippen MR) is 72.7 cm³/mol. The lowest BCUT2D eigenvalue weighted by Gasteiger charge is -2.12. The van der Waals surface area contributed by atoms with Gasteiger partial charge in [0.25, 0.3) is 0 Å². The lowest BCUT2D eigenvalue weighted by molar-refractivity contribution is 0.460. The molecule has 4 heteroatoms. The molecule has 0 fully saturated rings. The molecule has 0 radical (unpaired) electrons. The summed E-state index contributed by atoms with van der Waals surface area (Å²) in [4.78, 5) is 3.97. The van der Waals surface area contributed by atoms with Crippen molar-refractivity contribution in [3.8, 4) is 11.5 Å². The molecule has 2 rings (SSSR count). The van der Waals surface area contributed by atoms with Gasteiger partial charge in [0.1, 0.15) is 17.3 Å². The topological polar surface area (TPSA) is 34.1 Å². The molecular formula is C15H17FN2O. The Bertz CT molecular complexity index is 517. The van der Waals surface area contributed by atoms with Crippen LogP contribution in [0.4, 0.5) is 4.39 Å². The molecule has 1 aromatic carbocycles. The molecule has 0 aliphatic heterocycles. The molecule has 100 valence electrons. The molecule has 1 N–H and O–H groups in total. The SMILES string of the molecule is CCCNCc1c(F)cccc1Oc1cccnc1. The van der Waals surface area contributed by atoms with Crippen LogP contribution in [0.25, 0.3) is 0 Å². The maximum absolute atomic E-state index is 13.8. The Morgan fingerprint density at radius 3 is 2.89 bits per heavy atom. The monoisotopic (exact) mass is 260 g/mol. The Hall–Kier alpha value is -1.94. The Labute approximate surface area is 112 Å². The first-order chi connectivity index (χ1) is 9.31. The normalized spacial score (nSPS) is 10.4. The van der Waals surface area contributed by atoms with E-state index in [0.29, 0.717) is 23.6 Å². The van der Waals surface area contributed by atoms with E-state index in [1.54, 1.807) is 36.7 Å². The van der Waals surface area contributed by atoms with Crippen molar-refractivity contribution < 1.29 is 9.13 Å². The smallest absolute Gasteiger partial charge is 0.145 e. The minimum atomic E-state index is -0.259. The van der Waals surface area contributed by atoms with Gasteiger partial charge in [-0.15, -0.1) is 0 Å². The second-order valence-electron chi connectivity index (χ2n) is 4.18. The lowest BCUT2D eigenvalue weighted by atomic mass is 10.2. The van der Waals surface area contributed by atoms with Crippen molar-refractivity contribution in [2.75, 3.05) is 6.54 Å². The van der Waals surface area contributed by atoms with Crippen LogP contribution in [0.2, 0.25) is 0 Å². The Balaban J connectivity index is 2.17. The molecule has 0 saturated heterocycles. The molecule has 0 aliphatic rings. The van der Waals surface area contributed by atoms with Gasteiger partial charge in [-0.25, -0.2) is 4.39 Å². The first-order valence-electron chi connectivity index (χ1n) is 6.37. The molecule has 1 aromatic heterocycles. The molecular weight excluding hydrogens is 243 g/mol. The molecule has 0 atom stereocenters. The molecule has 1 heterocycles. The fraction of sp³-hybridized carbons (Fsp3) is 0.267. The largest absolute Gasteiger partial charge is 0.455 e. The van der Waals surface area contributed by atoms with E-state index in [-0.39, 0.29) is 5.82 Å². The van der Waals surface area contributed by atoms with Gasteiger partial charge in [0.15, 0.2) is 0 Å². The third kappa shape index (κ3) is 3.76. The predicted octanol–water partition coefficient (Wildman–Crippen LogP) is 3.51. The fourth-order valence-corrected chi connectivity index (χ4v) is 1.73. The van der Waals surface area contributed by atoms with Crippen molar-refractivity contribution in [3.63, 3.8) is 0 Å². The van der Waals surface area contributed by atoms with E-state index >= 15 is 0 Å². The highest BCUT2D eigenvalue weighted by Gasteiger charge is 2.10. The molecule has 3 nitrogen and oxygen atoms in total. The van der Waals surface area contributed by atoms with Gasteiger partial charge in [0.2, 0.25) is 0 Å². The van der Waals surface area contributed by atoms with Crippen molar-refractivity contribution in [2.45, 2.75) is 19.9 Å². The second kappa shape index (κ2) is 6.85. The third-order valence-electron chi connectivity index (χ3n) is 2.67. The minimum Gasteiger partial charge on any atom is -0.455 e. The number of pyridine rings is 1. The fourth-order valence-electron chi connectivity index (χ4n) is 1.73. The summed E-state index contributed by atoms with van der Waals surface area (Å²) in [6, 6.07) is 8.42. The maximum atomic E-state index is 13.8. The average molecular weight is 260 g/mol. The van der Waals surface area contributed by atoms with E-state index in [4.69, 9.17) is 4.74 Å². The van der Waals surface area contributed by atoms with Crippen LogP contribution in [0.1, 0.15) is 18.9 Å². The third-order valence-corrected chi connectivity index (χ3v) is 2.67. The molecule has 0 aliphatic carbocycles. The van der Waals surface area contributed by atoms with Crippen LogP contribution in [0.5, 0.6) is 11.5 Å².